The first-order valence-electron chi connectivity index (χ1n) is 12.9. The van der Waals surface area contributed by atoms with Crippen LogP contribution in [0.3, 0.4) is 0 Å². The predicted octanol–water partition coefficient (Wildman–Crippen LogP) is 3.44. The first kappa shape index (κ1) is 25.0. The largest absolute Gasteiger partial charge is 0.491 e. The lowest BCUT2D eigenvalue weighted by molar-refractivity contribution is -0.144. The van der Waals surface area contributed by atoms with Gasteiger partial charge >= 0.3 is 5.97 Å². The zero-order valence-electron chi connectivity index (χ0n) is 20.3. The van der Waals surface area contributed by atoms with Crippen molar-refractivity contribution in [2.75, 3.05) is 26.2 Å². The van der Waals surface area contributed by atoms with Gasteiger partial charge in [-0.05, 0) is 24.8 Å². The third kappa shape index (κ3) is 6.96. The van der Waals surface area contributed by atoms with Crippen molar-refractivity contribution < 1.29 is 24.2 Å². The molecule has 0 atom stereocenters. The van der Waals surface area contributed by atoms with Crippen molar-refractivity contribution in [1.29, 1.82) is 0 Å². The van der Waals surface area contributed by atoms with Gasteiger partial charge < -0.3 is 19.6 Å². The van der Waals surface area contributed by atoms with Crippen molar-refractivity contribution in [3.8, 4) is 5.75 Å². The average molecular weight is 485 g/mol. The van der Waals surface area contributed by atoms with Gasteiger partial charge in [-0.1, -0.05) is 57.1 Å². The number of carboxylic acid groups (broad SMARTS) is 1. The Morgan fingerprint density at radius 2 is 1.97 bits per heavy atom. The third-order valence-corrected chi connectivity index (χ3v) is 7.03. The summed E-state index contributed by atoms with van der Waals surface area (Å²) >= 11 is 0. The number of amides is 2. The molecule has 2 amide bonds. The molecule has 2 N–H and O–H groups in total. The molecule has 1 saturated carbocycles. The molecule has 35 heavy (non-hydrogen) atoms. The van der Waals surface area contributed by atoms with E-state index in [1.54, 1.807) is 0 Å². The Morgan fingerprint density at radius 1 is 1.14 bits per heavy atom. The van der Waals surface area contributed by atoms with E-state index in [0.29, 0.717) is 50.1 Å². The molecule has 2 heterocycles. The van der Waals surface area contributed by atoms with Crippen LogP contribution in [-0.4, -0.2) is 64.9 Å². The summed E-state index contributed by atoms with van der Waals surface area (Å²) in [4.78, 5) is 43.6. The molecule has 0 unspecified atom stereocenters. The maximum absolute atomic E-state index is 12.7. The van der Waals surface area contributed by atoms with E-state index in [1.807, 2.05) is 23.1 Å². The van der Waals surface area contributed by atoms with Crippen molar-refractivity contribution in [2.24, 2.45) is 10.9 Å². The number of nitrogens with zero attached hydrogens (tertiary/aromatic N) is 3. The lowest BCUT2D eigenvalue weighted by Gasteiger charge is -2.24. The number of aliphatic carboxylic acids is 1. The fraction of sp³-hybridized carbons (Fsp3) is 0.615. The Bertz CT molecular complexity index is 957. The summed E-state index contributed by atoms with van der Waals surface area (Å²) in [6.45, 7) is 1.46. The summed E-state index contributed by atoms with van der Waals surface area (Å²) in [6.07, 6.45) is 10.4. The van der Waals surface area contributed by atoms with Crippen LogP contribution in [0.5, 0.6) is 5.75 Å². The van der Waals surface area contributed by atoms with Gasteiger partial charge in [-0.3, -0.25) is 19.7 Å². The molecular weight excluding hydrogens is 448 g/mol. The van der Waals surface area contributed by atoms with Crippen molar-refractivity contribution in [2.45, 2.75) is 70.8 Å². The number of ether oxygens (including phenoxy) is 1. The summed E-state index contributed by atoms with van der Waals surface area (Å²) in [5.41, 5.74) is 1.69. The average Bonchev–Trinajstić information content (AvgIpc) is 3.21. The topological polar surface area (TPSA) is 112 Å². The fourth-order valence-corrected chi connectivity index (χ4v) is 5.20. The number of unbranched alkanes of at least 4 members (excludes halogenated alkanes) is 1. The number of para-hydroxylation sites is 1. The van der Waals surface area contributed by atoms with Crippen LogP contribution in [0.1, 0.15) is 69.8 Å². The molecule has 4 rings (SSSR count). The lowest BCUT2D eigenvalue weighted by atomic mass is 9.86. The standard InChI is InChI=1S/C26H36N4O5/c31-22-17-30-16-20-11-6-12-21(25(20)28-26(30)27-22)35-15-7-13-23(32)29(18-24(33)34)14-5-4-10-19-8-2-1-3-9-19/h6,11-12,19H,1-5,7-10,13-18H2,(H,33,34)(H,27,28,31). The van der Waals surface area contributed by atoms with Gasteiger partial charge in [0.05, 0.1) is 6.61 Å². The minimum Gasteiger partial charge on any atom is -0.491 e. The highest BCUT2D eigenvalue weighted by molar-refractivity contribution is 6.06. The van der Waals surface area contributed by atoms with Gasteiger partial charge in [0.15, 0.2) is 0 Å². The normalized spacial score (nSPS) is 17.3. The zero-order chi connectivity index (χ0) is 24.6. The van der Waals surface area contributed by atoms with Crippen LogP contribution >= 0.6 is 0 Å². The molecule has 1 aromatic carbocycles. The summed E-state index contributed by atoms with van der Waals surface area (Å²) in [7, 11) is 0. The van der Waals surface area contributed by atoms with E-state index >= 15 is 0 Å². The number of carbonyl (C=O) groups excluding carboxylic acids is 2. The number of rotatable bonds is 12. The molecule has 2 fully saturated rings. The minimum absolute atomic E-state index is 0.0718. The second-order valence-corrected chi connectivity index (χ2v) is 9.76. The molecule has 190 valence electrons. The predicted molar refractivity (Wildman–Crippen MR) is 131 cm³/mol. The number of guanidine groups is 1. The smallest absolute Gasteiger partial charge is 0.323 e. The molecule has 9 heteroatoms. The van der Waals surface area contributed by atoms with Crippen LogP contribution in [0.4, 0.5) is 5.69 Å². The maximum Gasteiger partial charge on any atom is 0.323 e. The Balaban J connectivity index is 1.22. The summed E-state index contributed by atoms with van der Waals surface area (Å²) in [5.74, 6) is 0.761. The van der Waals surface area contributed by atoms with Gasteiger partial charge in [-0.25, -0.2) is 4.99 Å². The number of hydrogen-bond donors (Lipinski definition) is 2. The van der Waals surface area contributed by atoms with E-state index in [0.717, 1.165) is 24.3 Å². The van der Waals surface area contributed by atoms with Crippen LogP contribution in [0.15, 0.2) is 23.2 Å². The van der Waals surface area contributed by atoms with E-state index in [-0.39, 0.29) is 24.8 Å². The van der Waals surface area contributed by atoms with Crippen molar-refractivity contribution >= 4 is 29.4 Å². The molecule has 9 nitrogen and oxygen atoms in total. The Morgan fingerprint density at radius 3 is 2.77 bits per heavy atom. The van der Waals surface area contributed by atoms with E-state index in [2.05, 4.69) is 10.3 Å². The molecule has 2 aliphatic heterocycles. The fourth-order valence-electron chi connectivity index (χ4n) is 5.20. The molecule has 0 bridgehead atoms. The quantitative estimate of drug-likeness (QED) is 0.440. The van der Waals surface area contributed by atoms with Crippen LogP contribution < -0.4 is 10.1 Å². The SMILES string of the molecule is O=C(O)CN(CCCCC1CCCCC1)C(=O)CCCOc1cccc2c1N=C1NC(=O)CN1C2. The Hall–Kier alpha value is -3.10. The number of aliphatic imine (C=N–C) groups is 1. The highest BCUT2D eigenvalue weighted by Gasteiger charge is 2.30. The van der Waals surface area contributed by atoms with Gasteiger partial charge in [0.1, 0.15) is 24.5 Å². The number of nitrogens with one attached hydrogen (secondary N) is 1. The number of carbonyl (C=O) groups is 3. The minimum atomic E-state index is -0.982. The molecule has 1 saturated heterocycles. The molecule has 0 radical (unpaired) electrons. The highest BCUT2D eigenvalue weighted by Crippen LogP contribution is 2.36. The molecular formula is C26H36N4O5. The van der Waals surface area contributed by atoms with Crippen LogP contribution in [0.25, 0.3) is 0 Å². The number of fused-ring (bicyclic) bond motifs is 2. The van der Waals surface area contributed by atoms with Gasteiger partial charge in [-0.2, -0.15) is 0 Å². The van der Waals surface area contributed by atoms with Gasteiger partial charge in [-0.15, -0.1) is 0 Å². The zero-order valence-corrected chi connectivity index (χ0v) is 20.3. The first-order chi connectivity index (χ1) is 17.0. The maximum atomic E-state index is 12.7. The van der Waals surface area contributed by atoms with E-state index in [9.17, 15) is 19.5 Å². The van der Waals surface area contributed by atoms with Crippen LogP contribution in [0, 0.1) is 5.92 Å². The number of benzene rings is 1. The molecule has 1 aliphatic carbocycles. The third-order valence-electron chi connectivity index (χ3n) is 7.03. The van der Waals surface area contributed by atoms with E-state index < -0.39 is 5.97 Å². The molecule has 0 spiro atoms. The molecule has 3 aliphatic rings. The van der Waals surface area contributed by atoms with E-state index in [1.165, 1.54) is 43.4 Å². The van der Waals surface area contributed by atoms with Gasteiger partial charge in [0.25, 0.3) is 0 Å². The van der Waals surface area contributed by atoms with E-state index in [4.69, 9.17) is 4.74 Å². The molecule has 0 aromatic heterocycles. The summed E-state index contributed by atoms with van der Waals surface area (Å²) in [6, 6.07) is 5.69. The Kier molecular flexibility index (Phi) is 8.60. The Labute approximate surface area is 206 Å². The van der Waals surface area contributed by atoms with Crippen molar-refractivity contribution in [3.63, 3.8) is 0 Å². The number of carboxylic acids is 1. The van der Waals surface area contributed by atoms with Gasteiger partial charge in [0.2, 0.25) is 17.8 Å². The van der Waals surface area contributed by atoms with Crippen molar-refractivity contribution in [3.05, 3.63) is 23.8 Å². The monoisotopic (exact) mass is 484 g/mol. The van der Waals surface area contributed by atoms with Gasteiger partial charge in [0, 0.05) is 25.1 Å². The highest BCUT2D eigenvalue weighted by atomic mass is 16.5. The first-order valence-corrected chi connectivity index (χ1v) is 12.9. The second kappa shape index (κ2) is 12.0. The lowest BCUT2D eigenvalue weighted by Crippen LogP contribution is -2.36. The number of hydrogen-bond acceptors (Lipinski definition) is 6. The van der Waals surface area contributed by atoms with Crippen LogP contribution in [-0.2, 0) is 20.9 Å². The summed E-state index contributed by atoms with van der Waals surface area (Å²) in [5, 5.41) is 12.0. The molecule has 1 aromatic rings. The van der Waals surface area contributed by atoms with Crippen LogP contribution in [0.2, 0.25) is 0 Å². The second-order valence-electron chi connectivity index (χ2n) is 9.76. The van der Waals surface area contributed by atoms with Crippen molar-refractivity contribution in [1.82, 2.24) is 15.1 Å². The summed E-state index contributed by atoms with van der Waals surface area (Å²) < 4.78 is 5.93.